The number of carbonyl (C=O) groups excluding carboxylic acids is 2. The van der Waals surface area contributed by atoms with E-state index >= 15 is 0 Å². The molecule has 2 saturated heterocycles. The van der Waals surface area contributed by atoms with Crippen LogP contribution in [0.1, 0.15) is 52.4 Å². The summed E-state index contributed by atoms with van der Waals surface area (Å²) in [5.41, 5.74) is -0.345. The largest absolute Gasteiger partial charge is 0.357 e. The van der Waals surface area contributed by atoms with E-state index in [9.17, 15) is 9.59 Å². The Labute approximate surface area is 211 Å². The summed E-state index contributed by atoms with van der Waals surface area (Å²) in [5, 5.41) is 3.43. The molecule has 32 heavy (non-hydrogen) atoms. The van der Waals surface area contributed by atoms with E-state index in [0.717, 1.165) is 90.3 Å². The van der Waals surface area contributed by atoms with Gasteiger partial charge in [-0.25, -0.2) is 0 Å². The second kappa shape index (κ2) is 12.4. The van der Waals surface area contributed by atoms with Gasteiger partial charge in [0.15, 0.2) is 5.96 Å². The summed E-state index contributed by atoms with van der Waals surface area (Å²) in [7, 11) is 3.70. The zero-order chi connectivity index (χ0) is 22.4. The van der Waals surface area contributed by atoms with Gasteiger partial charge in [-0.3, -0.25) is 19.5 Å². The van der Waals surface area contributed by atoms with Crippen LogP contribution in [0.4, 0.5) is 0 Å². The molecule has 3 aliphatic rings. The van der Waals surface area contributed by atoms with Crippen LogP contribution in [0.25, 0.3) is 0 Å². The second-order valence-corrected chi connectivity index (χ2v) is 9.59. The minimum atomic E-state index is -0.345. The van der Waals surface area contributed by atoms with E-state index < -0.39 is 0 Å². The molecule has 1 N–H and O–H groups in total. The van der Waals surface area contributed by atoms with Crippen LogP contribution in [0, 0.1) is 5.41 Å². The van der Waals surface area contributed by atoms with E-state index in [2.05, 4.69) is 22.0 Å². The van der Waals surface area contributed by atoms with Crippen LogP contribution in [0.2, 0.25) is 0 Å². The molecule has 0 radical (unpaired) electrons. The normalized spacial score (nSPS) is 22.4. The summed E-state index contributed by atoms with van der Waals surface area (Å²) in [6.45, 7) is 10.7. The van der Waals surface area contributed by atoms with Crippen molar-refractivity contribution in [3.8, 4) is 0 Å². The molecule has 2 aliphatic heterocycles. The lowest BCUT2D eigenvalue weighted by molar-refractivity contribution is -0.138. The molecular formula is C23H43IN6O2. The van der Waals surface area contributed by atoms with Crippen LogP contribution >= 0.6 is 24.0 Å². The molecule has 0 bridgehead atoms. The molecule has 0 aromatic carbocycles. The molecule has 0 spiro atoms. The van der Waals surface area contributed by atoms with E-state index in [4.69, 9.17) is 4.99 Å². The molecule has 3 rings (SSSR count). The molecule has 1 unspecified atom stereocenters. The number of amides is 2. The lowest BCUT2D eigenvalue weighted by Gasteiger charge is -2.40. The minimum Gasteiger partial charge on any atom is -0.357 e. The maximum Gasteiger partial charge on any atom is 0.239 e. The van der Waals surface area contributed by atoms with Crippen molar-refractivity contribution in [2.24, 2.45) is 10.4 Å². The van der Waals surface area contributed by atoms with Crippen molar-refractivity contribution >= 4 is 41.8 Å². The third kappa shape index (κ3) is 6.27. The first-order chi connectivity index (χ1) is 14.9. The Bertz CT molecular complexity index is 651. The number of hydrogen-bond donors (Lipinski definition) is 1. The maximum absolute atomic E-state index is 12.9. The summed E-state index contributed by atoms with van der Waals surface area (Å²) in [6, 6.07) is -0.0563. The van der Waals surface area contributed by atoms with Gasteiger partial charge in [0, 0.05) is 59.9 Å². The molecule has 184 valence electrons. The van der Waals surface area contributed by atoms with Gasteiger partial charge in [0.05, 0.1) is 18.0 Å². The number of piperazine rings is 1. The van der Waals surface area contributed by atoms with Crippen LogP contribution in [-0.2, 0) is 9.59 Å². The molecule has 1 aliphatic carbocycles. The molecule has 0 aromatic rings. The van der Waals surface area contributed by atoms with Gasteiger partial charge >= 0.3 is 0 Å². The van der Waals surface area contributed by atoms with Gasteiger partial charge in [0.1, 0.15) is 0 Å². The number of guanidine groups is 1. The average molecular weight is 563 g/mol. The van der Waals surface area contributed by atoms with Crippen LogP contribution < -0.4 is 5.32 Å². The van der Waals surface area contributed by atoms with Crippen molar-refractivity contribution in [2.45, 2.75) is 58.4 Å². The van der Waals surface area contributed by atoms with Crippen molar-refractivity contribution in [2.75, 3.05) is 66.5 Å². The molecule has 2 heterocycles. The van der Waals surface area contributed by atoms with Crippen LogP contribution in [0.15, 0.2) is 4.99 Å². The monoisotopic (exact) mass is 562 g/mol. The number of carbonyl (C=O) groups is 2. The zero-order valence-electron chi connectivity index (χ0n) is 20.4. The number of aliphatic imine (C=N–C) groups is 1. The SMILES string of the molecule is CCNC(=NCC1(C(=O)N(C)C)CCCC1)N1CCN(C(C)C(=O)N2CCCC2)CC1.I. The maximum atomic E-state index is 12.9. The standard InChI is InChI=1S/C23H42N6O2.HI/c1-5-24-22(25-18-23(10-6-7-11-23)21(31)26(3)4)29-16-14-27(15-17-29)19(2)20(30)28-12-8-9-13-28;/h19H,5-18H2,1-4H3,(H,24,25);1H. The van der Waals surface area contributed by atoms with E-state index in [0.29, 0.717) is 6.54 Å². The molecule has 1 saturated carbocycles. The highest BCUT2D eigenvalue weighted by molar-refractivity contribution is 14.0. The predicted molar refractivity (Wildman–Crippen MR) is 139 cm³/mol. The molecule has 0 aromatic heterocycles. The summed E-state index contributed by atoms with van der Waals surface area (Å²) in [5.74, 6) is 1.39. The number of nitrogens with one attached hydrogen (secondary N) is 1. The Morgan fingerprint density at radius 1 is 0.969 bits per heavy atom. The Kier molecular flexibility index (Phi) is 10.5. The van der Waals surface area contributed by atoms with Gasteiger partial charge < -0.3 is 20.0 Å². The number of rotatable bonds is 6. The Morgan fingerprint density at radius 2 is 1.56 bits per heavy atom. The summed E-state index contributed by atoms with van der Waals surface area (Å²) >= 11 is 0. The number of likely N-dealkylation sites (tertiary alicyclic amines) is 1. The highest BCUT2D eigenvalue weighted by Crippen LogP contribution is 2.39. The first-order valence-corrected chi connectivity index (χ1v) is 12.2. The molecule has 1 atom stereocenters. The third-order valence-corrected chi connectivity index (χ3v) is 7.22. The highest BCUT2D eigenvalue weighted by atomic mass is 127. The minimum absolute atomic E-state index is 0. The van der Waals surface area contributed by atoms with Crippen molar-refractivity contribution in [1.29, 1.82) is 0 Å². The Morgan fingerprint density at radius 3 is 2.09 bits per heavy atom. The van der Waals surface area contributed by atoms with Crippen molar-refractivity contribution in [1.82, 2.24) is 24.9 Å². The van der Waals surface area contributed by atoms with Crippen LogP contribution in [0.3, 0.4) is 0 Å². The van der Waals surface area contributed by atoms with Crippen molar-refractivity contribution < 1.29 is 9.59 Å². The lowest BCUT2D eigenvalue weighted by atomic mass is 9.85. The van der Waals surface area contributed by atoms with E-state index in [1.165, 1.54) is 0 Å². The van der Waals surface area contributed by atoms with Gasteiger partial charge in [-0.1, -0.05) is 12.8 Å². The molecule has 9 heteroatoms. The second-order valence-electron chi connectivity index (χ2n) is 9.59. The van der Waals surface area contributed by atoms with Gasteiger partial charge in [-0.05, 0) is 39.5 Å². The quantitative estimate of drug-likeness (QED) is 0.304. The van der Waals surface area contributed by atoms with Gasteiger partial charge in [-0.2, -0.15) is 0 Å². The predicted octanol–water partition coefficient (Wildman–Crippen LogP) is 1.85. The Hall–Kier alpha value is -1.10. The lowest BCUT2D eigenvalue weighted by Crippen LogP contribution is -2.57. The van der Waals surface area contributed by atoms with E-state index in [1.807, 2.05) is 25.9 Å². The van der Waals surface area contributed by atoms with Crippen LogP contribution in [0.5, 0.6) is 0 Å². The average Bonchev–Trinajstić information content (AvgIpc) is 3.48. The first kappa shape index (κ1) is 27.1. The van der Waals surface area contributed by atoms with Crippen molar-refractivity contribution in [3.63, 3.8) is 0 Å². The molecule has 8 nitrogen and oxygen atoms in total. The topological polar surface area (TPSA) is 71.5 Å². The molecular weight excluding hydrogens is 519 g/mol. The number of nitrogens with zero attached hydrogens (tertiary/aromatic N) is 5. The Balaban J connectivity index is 0.00000363. The van der Waals surface area contributed by atoms with E-state index in [-0.39, 0.29) is 47.2 Å². The number of hydrogen-bond acceptors (Lipinski definition) is 4. The fraction of sp³-hybridized carbons (Fsp3) is 0.870. The van der Waals surface area contributed by atoms with Crippen LogP contribution in [-0.4, -0.2) is 110 Å². The van der Waals surface area contributed by atoms with Crippen molar-refractivity contribution in [3.05, 3.63) is 0 Å². The van der Waals surface area contributed by atoms with Gasteiger partial charge in [-0.15, -0.1) is 24.0 Å². The molecule has 2 amide bonds. The van der Waals surface area contributed by atoms with E-state index in [1.54, 1.807) is 4.90 Å². The highest BCUT2D eigenvalue weighted by Gasteiger charge is 2.42. The fourth-order valence-electron chi connectivity index (χ4n) is 5.30. The first-order valence-electron chi connectivity index (χ1n) is 12.2. The number of halogens is 1. The van der Waals surface area contributed by atoms with Gasteiger partial charge in [0.2, 0.25) is 11.8 Å². The summed E-state index contributed by atoms with van der Waals surface area (Å²) < 4.78 is 0. The zero-order valence-corrected chi connectivity index (χ0v) is 22.8. The third-order valence-electron chi connectivity index (χ3n) is 7.22. The fourth-order valence-corrected chi connectivity index (χ4v) is 5.30. The molecule has 3 fully saturated rings. The summed E-state index contributed by atoms with van der Waals surface area (Å²) in [4.78, 5) is 38.9. The summed E-state index contributed by atoms with van der Waals surface area (Å²) in [6.07, 6.45) is 6.33. The van der Waals surface area contributed by atoms with Gasteiger partial charge in [0.25, 0.3) is 0 Å². The smallest absolute Gasteiger partial charge is 0.239 e.